The Morgan fingerprint density at radius 2 is 1.75 bits per heavy atom. The lowest BCUT2D eigenvalue weighted by molar-refractivity contribution is 0.0746. The largest absolute Gasteiger partial charge is 0.353 e. The molecule has 1 aliphatic rings. The number of nitrogens with zero attached hydrogens (tertiary/aromatic N) is 4. The molecule has 0 radical (unpaired) electrons. The highest BCUT2D eigenvalue weighted by Crippen LogP contribution is 2.22. The van der Waals surface area contributed by atoms with Gasteiger partial charge in [0.2, 0.25) is 0 Å². The molecular weight excluding hydrogens is 403 g/mol. The van der Waals surface area contributed by atoms with E-state index in [2.05, 4.69) is 33.9 Å². The van der Waals surface area contributed by atoms with Crippen molar-refractivity contribution in [2.75, 3.05) is 31.1 Å². The fourth-order valence-electron chi connectivity index (χ4n) is 3.99. The Labute approximate surface area is 188 Å². The number of piperazine rings is 1. The third-order valence-electron chi connectivity index (χ3n) is 5.83. The molecule has 1 aromatic heterocycles. The van der Waals surface area contributed by atoms with E-state index in [0.717, 1.165) is 23.5 Å². The molecule has 32 heavy (non-hydrogen) atoms. The van der Waals surface area contributed by atoms with Crippen LogP contribution in [0.1, 0.15) is 41.4 Å². The highest BCUT2D eigenvalue weighted by atomic mass is 19.1. The highest BCUT2D eigenvalue weighted by Gasteiger charge is 2.23. The number of amides is 1. The number of benzene rings is 2. The van der Waals surface area contributed by atoms with Gasteiger partial charge in [-0.3, -0.25) is 4.79 Å². The molecule has 0 bridgehead atoms. The van der Waals surface area contributed by atoms with Gasteiger partial charge >= 0.3 is 0 Å². The lowest BCUT2D eigenvalue weighted by atomic mass is 10.1. The normalized spacial score (nSPS) is 14.0. The second kappa shape index (κ2) is 9.90. The fraction of sp³-hybridized carbons (Fsp3) is 0.346. The average Bonchev–Trinajstić information content (AvgIpc) is 2.82. The van der Waals surface area contributed by atoms with Gasteiger partial charge in [0.25, 0.3) is 5.91 Å². The van der Waals surface area contributed by atoms with E-state index < -0.39 is 0 Å². The second-order valence-electron chi connectivity index (χ2n) is 8.28. The minimum atomic E-state index is -0.306. The van der Waals surface area contributed by atoms with E-state index in [1.54, 1.807) is 6.07 Å². The molecule has 5 nitrogen and oxygen atoms in total. The van der Waals surface area contributed by atoms with E-state index in [1.165, 1.54) is 30.5 Å². The minimum absolute atomic E-state index is 0.0750. The number of aromatic nitrogens is 2. The van der Waals surface area contributed by atoms with Gasteiger partial charge in [-0.25, -0.2) is 14.4 Å². The van der Waals surface area contributed by atoms with Gasteiger partial charge in [0.05, 0.1) is 0 Å². The van der Waals surface area contributed by atoms with E-state index in [-0.39, 0.29) is 11.7 Å². The van der Waals surface area contributed by atoms with Gasteiger partial charge in [-0.2, -0.15) is 0 Å². The Hall–Kier alpha value is -3.28. The molecule has 1 fully saturated rings. The maximum atomic E-state index is 13.6. The number of aryl methyl sites for hydroxylation is 2. The van der Waals surface area contributed by atoms with E-state index in [0.29, 0.717) is 37.6 Å². The topological polar surface area (TPSA) is 49.3 Å². The van der Waals surface area contributed by atoms with Crippen LogP contribution in [-0.2, 0) is 6.42 Å². The van der Waals surface area contributed by atoms with Crippen LogP contribution in [0.4, 0.5) is 10.2 Å². The first kappa shape index (κ1) is 21.9. The molecule has 0 atom stereocenters. The van der Waals surface area contributed by atoms with Crippen LogP contribution in [-0.4, -0.2) is 47.0 Å². The zero-order valence-electron chi connectivity index (χ0n) is 18.7. The Kier molecular flexibility index (Phi) is 6.78. The summed E-state index contributed by atoms with van der Waals surface area (Å²) in [5, 5.41) is 0. The molecule has 1 aliphatic heterocycles. The molecule has 4 rings (SSSR count). The van der Waals surface area contributed by atoms with Crippen molar-refractivity contribution in [3.63, 3.8) is 0 Å². The van der Waals surface area contributed by atoms with E-state index >= 15 is 0 Å². The third-order valence-corrected chi connectivity index (χ3v) is 5.83. The lowest BCUT2D eigenvalue weighted by Crippen LogP contribution is -2.49. The number of rotatable bonds is 6. The molecular formula is C26H29FN4O. The molecule has 3 aromatic rings. The Balaban J connectivity index is 1.42. The number of anilines is 1. The van der Waals surface area contributed by atoms with Crippen LogP contribution in [0.3, 0.4) is 0 Å². The first-order valence-electron chi connectivity index (χ1n) is 11.3. The number of unbranched alkanes of at least 4 members (excludes halogenated alkanes) is 1. The van der Waals surface area contributed by atoms with Crippen LogP contribution < -0.4 is 4.90 Å². The second-order valence-corrected chi connectivity index (χ2v) is 8.28. The molecule has 0 aliphatic carbocycles. The van der Waals surface area contributed by atoms with Gasteiger partial charge < -0.3 is 9.80 Å². The number of hydrogen-bond acceptors (Lipinski definition) is 4. The fourth-order valence-corrected chi connectivity index (χ4v) is 3.99. The Morgan fingerprint density at radius 3 is 2.44 bits per heavy atom. The van der Waals surface area contributed by atoms with Gasteiger partial charge in [-0.05, 0) is 49.6 Å². The van der Waals surface area contributed by atoms with Crippen molar-refractivity contribution >= 4 is 11.7 Å². The zero-order valence-corrected chi connectivity index (χ0v) is 18.7. The average molecular weight is 433 g/mol. The van der Waals surface area contributed by atoms with Gasteiger partial charge in [0.15, 0.2) is 5.82 Å². The predicted octanol–water partition coefficient (Wildman–Crippen LogP) is 4.90. The molecule has 1 amide bonds. The lowest BCUT2D eigenvalue weighted by Gasteiger charge is -2.35. The predicted molar refractivity (Wildman–Crippen MR) is 125 cm³/mol. The maximum Gasteiger partial charge on any atom is 0.253 e. The molecule has 0 N–H and O–H groups in total. The van der Waals surface area contributed by atoms with Crippen molar-refractivity contribution in [1.82, 2.24) is 14.9 Å². The molecule has 2 heterocycles. The van der Waals surface area contributed by atoms with Gasteiger partial charge in [0, 0.05) is 49.1 Å². The summed E-state index contributed by atoms with van der Waals surface area (Å²) in [6, 6.07) is 16.3. The zero-order chi connectivity index (χ0) is 22.5. The summed E-state index contributed by atoms with van der Waals surface area (Å²) in [4.78, 5) is 26.2. The van der Waals surface area contributed by atoms with Crippen LogP contribution in [0.15, 0.2) is 54.6 Å². The Bertz CT molecular complexity index is 1080. The summed E-state index contributed by atoms with van der Waals surface area (Å²) in [5.74, 6) is 1.09. The molecule has 0 spiro atoms. The molecule has 2 aromatic carbocycles. The first-order chi connectivity index (χ1) is 15.5. The summed E-state index contributed by atoms with van der Waals surface area (Å²) in [5.41, 5.74) is 3.51. The van der Waals surface area contributed by atoms with Gasteiger partial charge in [-0.1, -0.05) is 37.6 Å². The van der Waals surface area contributed by atoms with Crippen molar-refractivity contribution in [1.29, 1.82) is 0 Å². The van der Waals surface area contributed by atoms with Gasteiger partial charge in [-0.15, -0.1) is 0 Å². The SMILES string of the molecule is CCCCc1ccc(C(=O)N2CCN(c3cc(C)nc(-c4cccc(F)c4)n3)CC2)cc1. The van der Waals surface area contributed by atoms with E-state index in [1.807, 2.05) is 36.1 Å². The van der Waals surface area contributed by atoms with Crippen molar-refractivity contribution in [3.05, 3.63) is 77.2 Å². The standard InChI is InChI=1S/C26H29FN4O/c1-3-4-6-20-9-11-21(12-10-20)26(32)31-15-13-30(14-16-31)24-17-19(2)28-25(29-24)22-7-5-8-23(27)18-22/h5,7-12,17-18H,3-4,6,13-16H2,1-2H3. The van der Waals surface area contributed by atoms with Crippen molar-refractivity contribution in [2.24, 2.45) is 0 Å². The summed E-state index contributed by atoms with van der Waals surface area (Å²) in [6.07, 6.45) is 3.39. The van der Waals surface area contributed by atoms with Gasteiger partial charge in [0.1, 0.15) is 11.6 Å². The summed E-state index contributed by atoms with van der Waals surface area (Å²) >= 11 is 0. The Morgan fingerprint density at radius 1 is 1.00 bits per heavy atom. The van der Waals surface area contributed by atoms with Crippen molar-refractivity contribution < 1.29 is 9.18 Å². The summed E-state index contributed by atoms with van der Waals surface area (Å²) < 4.78 is 13.6. The number of hydrogen-bond donors (Lipinski definition) is 0. The van der Waals surface area contributed by atoms with Crippen LogP contribution in [0.2, 0.25) is 0 Å². The number of halogens is 1. The first-order valence-corrected chi connectivity index (χ1v) is 11.3. The van der Waals surface area contributed by atoms with Crippen LogP contribution in [0, 0.1) is 12.7 Å². The van der Waals surface area contributed by atoms with Crippen LogP contribution in [0.5, 0.6) is 0 Å². The van der Waals surface area contributed by atoms with E-state index in [9.17, 15) is 9.18 Å². The molecule has 1 saturated heterocycles. The highest BCUT2D eigenvalue weighted by molar-refractivity contribution is 5.94. The summed E-state index contributed by atoms with van der Waals surface area (Å²) in [6.45, 7) is 6.75. The van der Waals surface area contributed by atoms with E-state index in [4.69, 9.17) is 0 Å². The monoisotopic (exact) mass is 432 g/mol. The van der Waals surface area contributed by atoms with Crippen LogP contribution >= 0.6 is 0 Å². The molecule has 6 heteroatoms. The molecule has 0 unspecified atom stereocenters. The molecule has 166 valence electrons. The molecule has 0 saturated carbocycles. The third kappa shape index (κ3) is 5.13. The maximum absolute atomic E-state index is 13.6. The van der Waals surface area contributed by atoms with Crippen LogP contribution in [0.25, 0.3) is 11.4 Å². The number of carbonyl (C=O) groups is 1. The quantitative estimate of drug-likeness (QED) is 0.556. The smallest absolute Gasteiger partial charge is 0.253 e. The van der Waals surface area contributed by atoms with Crippen molar-refractivity contribution in [3.8, 4) is 11.4 Å². The summed E-state index contributed by atoms with van der Waals surface area (Å²) in [7, 11) is 0. The number of carbonyl (C=O) groups excluding carboxylic acids is 1. The minimum Gasteiger partial charge on any atom is -0.353 e. The van der Waals surface area contributed by atoms with Crippen molar-refractivity contribution in [2.45, 2.75) is 33.1 Å².